The lowest BCUT2D eigenvalue weighted by atomic mass is 9.31. The summed E-state index contributed by atoms with van der Waals surface area (Å²) in [6, 6.07) is 91.0. The third kappa shape index (κ3) is 4.98. The van der Waals surface area contributed by atoms with E-state index in [0.29, 0.717) is 0 Å². The lowest BCUT2D eigenvalue weighted by molar-refractivity contribution is 1.16. The Kier molecular flexibility index (Phi) is 7.60. The highest BCUT2D eigenvalue weighted by Gasteiger charge is 2.46. The van der Waals surface area contributed by atoms with E-state index in [2.05, 4.69) is 262 Å². The zero-order chi connectivity index (χ0) is 46.8. The lowest BCUT2D eigenvalue weighted by Crippen LogP contribution is -2.63. The van der Waals surface area contributed by atoms with E-state index in [1.54, 1.807) is 0 Å². The molecule has 0 saturated carbocycles. The first kappa shape index (κ1) is 38.6. The van der Waals surface area contributed by atoms with Gasteiger partial charge in [-0.15, -0.1) is 0 Å². The third-order valence-corrected chi connectivity index (χ3v) is 16.5. The van der Waals surface area contributed by atoms with E-state index in [1.165, 1.54) is 133 Å². The van der Waals surface area contributed by atoms with Gasteiger partial charge in [0.2, 0.25) is 0 Å². The van der Waals surface area contributed by atoms with Crippen molar-refractivity contribution in [2.75, 3.05) is 9.80 Å². The molecule has 13 aromatic rings. The minimum atomic E-state index is -0.0253. The first-order chi connectivity index (χ1) is 35.8. The number of para-hydroxylation sites is 4. The smallest absolute Gasteiger partial charge is 0.252 e. The zero-order valence-corrected chi connectivity index (χ0v) is 39.0. The molecule has 72 heavy (non-hydrogen) atoms. The van der Waals surface area contributed by atoms with E-state index < -0.39 is 0 Å². The van der Waals surface area contributed by atoms with Gasteiger partial charge in [0.05, 0.1) is 22.1 Å². The molecule has 0 bridgehead atoms. The molecule has 0 N–H and O–H groups in total. The maximum atomic E-state index is 2.66. The van der Waals surface area contributed by atoms with Crippen LogP contribution in [0.3, 0.4) is 0 Å². The Balaban J connectivity index is 1.04. The summed E-state index contributed by atoms with van der Waals surface area (Å²) in [5.41, 5.74) is 27.6. The highest BCUT2D eigenvalue weighted by atomic mass is 15.2. The van der Waals surface area contributed by atoms with Crippen molar-refractivity contribution < 1.29 is 0 Å². The van der Waals surface area contributed by atoms with E-state index in [1.807, 2.05) is 0 Å². The van der Waals surface area contributed by atoms with Crippen LogP contribution in [0.1, 0.15) is 0 Å². The molecule has 6 heterocycles. The van der Waals surface area contributed by atoms with E-state index in [4.69, 9.17) is 0 Å². The van der Waals surface area contributed by atoms with Crippen molar-refractivity contribution >= 4 is 124 Å². The molecule has 0 radical (unpaired) electrons. The number of benzene rings is 11. The van der Waals surface area contributed by atoms with Crippen molar-refractivity contribution in [3.05, 3.63) is 243 Å². The van der Waals surface area contributed by atoms with Crippen LogP contribution in [0.15, 0.2) is 243 Å². The molecule has 6 heteroatoms. The fourth-order valence-corrected chi connectivity index (χ4v) is 13.6. The van der Waals surface area contributed by atoms with Gasteiger partial charge in [-0.3, -0.25) is 0 Å². The Morgan fingerprint density at radius 1 is 0.250 bits per heavy atom. The summed E-state index contributed by atoms with van der Waals surface area (Å²) in [5.74, 6) is 0. The number of rotatable bonds is 4. The van der Waals surface area contributed by atoms with Gasteiger partial charge in [-0.05, 0) is 128 Å². The van der Waals surface area contributed by atoms with Crippen LogP contribution >= 0.6 is 0 Å². The quantitative estimate of drug-likeness (QED) is 0.164. The fourth-order valence-electron chi connectivity index (χ4n) is 13.6. The van der Waals surface area contributed by atoms with Crippen molar-refractivity contribution in [2.24, 2.45) is 0 Å². The summed E-state index contributed by atoms with van der Waals surface area (Å²) < 4.78 is 5.31. The van der Waals surface area contributed by atoms with Crippen LogP contribution in [-0.2, 0) is 0 Å². The number of hydrogen-bond acceptors (Lipinski definition) is 2. The van der Waals surface area contributed by atoms with Crippen LogP contribution in [-0.4, -0.2) is 22.6 Å². The summed E-state index contributed by atoms with van der Waals surface area (Å²) in [4.78, 5) is 5.01. The maximum Gasteiger partial charge on any atom is 0.252 e. The summed E-state index contributed by atoms with van der Waals surface area (Å²) in [6.45, 7) is -0.0505. The molecule has 17 rings (SSSR count). The first-order valence-corrected chi connectivity index (χ1v) is 25.2. The highest BCUT2D eigenvalue weighted by Crippen LogP contribution is 2.46. The summed E-state index contributed by atoms with van der Waals surface area (Å²) in [5, 5.41) is 5.10. The number of hydrogen-bond donors (Lipinski definition) is 0. The molecule has 11 aromatic carbocycles. The maximum absolute atomic E-state index is 2.66. The molecule has 0 amide bonds. The van der Waals surface area contributed by atoms with Gasteiger partial charge in [0.15, 0.2) is 0 Å². The molecular formula is C66H40B2N4. The van der Waals surface area contributed by atoms with E-state index >= 15 is 0 Å². The standard InChI is InChI=1S/C66H40B2N4/c1-5-17-41(18-6-1)43-29-31-47-49-33-35-57-63-65(49)71(59(47)37-43)61-39-54-62(40-53(61)67(63)51-25-13-15-27-55(51)69(57)45-21-9-3-10-22-45)72-60-38-44(42-19-7-2-8-20-42)30-32-48(60)50-34-36-58-64(66(50)72)68(54)52-26-14-16-28-56(52)70(58)46-23-11-4-12-24-46/h1-40H. The number of nitrogens with zero attached hydrogens (tertiary/aromatic N) is 4. The number of fused-ring (bicyclic) bond motifs is 16. The summed E-state index contributed by atoms with van der Waals surface area (Å²) >= 11 is 0. The number of aromatic nitrogens is 2. The fraction of sp³-hybridized carbons (Fsp3) is 0. The van der Waals surface area contributed by atoms with Gasteiger partial charge in [-0.25, -0.2) is 0 Å². The zero-order valence-electron chi connectivity index (χ0n) is 39.0. The first-order valence-electron chi connectivity index (χ1n) is 25.2. The van der Waals surface area contributed by atoms with Crippen molar-refractivity contribution in [1.29, 1.82) is 0 Å². The molecule has 0 aliphatic carbocycles. The average molecular weight is 911 g/mol. The second-order valence-corrected chi connectivity index (χ2v) is 20.0. The largest absolute Gasteiger partial charge is 0.311 e. The third-order valence-electron chi connectivity index (χ3n) is 16.5. The molecule has 4 aliphatic rings. The van der Waals surface area contributed by atoms with Gasteiger partial charge in [0, 0.05) is 67.0 Å². The van der Waals surface area contributed by atoms with Gasteiger partial charge in [0.1, 0.15) is 0 Å². The van der Waals surface area contributed by atoms with Crippen LogP contribution in [0.25, 0.3) is 77.2 Å². The molecular weight excluding hydrogens is 870 g/mol. The molecule has 0 saturated heterocycles. The van der Waals surface area contributed by atoms with Gasteiger partial charge in [-0.2, -0.15) is 0 Å². The number of anilines is 6. The Labute approximate surface area is 417 Å². The molecule has 2 aromatic heterocycles. The van der Waals surface area contributed by atoms with Crippen molar-refractivity contribution in [1.82, 2.24) is 9.13 Å². The van der Waals surface area contributed by atoms with Crippen molar-refractivity contribution in [2.45, 2.75) is 0 Å². The van der Waals surface area contributed by atoms with Gasteiger partial charge >= 0.3 is 0 Å². The average Bonchev–Trinajstić information content (AvgIpc) is 3.98. The predicted octanol–water partition coefficient (Wildman–Crippen LogP) is 12.4. The minimum absolute atomic E-state index is 0.0253. The van der Waals surface area contributed by atoms with Gasteiger partial charge in [-0.1, -0.05) is 170 Å². The molecule has 0 fully saturated rings. The Hall–Kier alpha value is -9.25. The molecule has 0 atom stereocenters. The SMILES string of the molecule is c1ccc(-c2ccc3c4ccc5c6c4n(c3c2)-c2cc3c(cc2B6c2ccccc2N5c2ccccc2)-n2c4cc(-c5ccccc5)ccc4c4ccc5c(c42)B3c2ccccc2N5c2ccccc2)cc1. The normalized spacial score (nSPS) is 13.4. The Bertz CT molecular complexity index is 4180. The van der Waals surface area contributed by atoms with Gasteiger partial charge in [0.25, 0.3) is 13.4 Å². The van der Waals surface area contributed by atoms with Crippen LogP contribution in [0.2, 0.25) is 0 Å². The lowest BCUT2D eigenvalue weighted by Gasteiger charge is -2.42. The summed E-state index contributed by atoms with van der Waals surface area (Å²) in [6.07, 6.45) is 0. The van der Waals surface area contributed by atoms with Crippen LogP contribution in [0.4, 0.5) is 34.1 Å². The molecule has 0 unspecified atom stereocenters. The molecule has 4 aliphatic heterocycles. The topological polar surface area (TPSA) is 16.3 Å². The predicted molar refractivity (Wildman–Crippen MR) is 305 cm³/mol. The van der Waals surface area contributed by atoms with Crippen molar-refractivity contribution in [3.63, 3.8) is 0 Å². The van der Waals surface area contributed by atoms with Crippen LogP contribution in [0, 0.1) is 0 Å². The monoisotopic (exact) mass is 910 g/mol. The molecule has 330 valence electrons. The highest BCUT2D eigenvalue weighted by molar-refractivity contribution is 7.02. The van der Waals surface area contributed by atoms with E-state index in [-0.39, 0.29) is 13.4 Å². The minimum Gasteiger partial charge on any atom is -0.311 e. The molecule has 0 spiro atoms. The second kappa shape index (κ2) is 14.2. The van der Waals surface area contributed by atoms with Crippen molar-refractivity contribution in [3.8, 4) is 33.6 Å². The van der Waals surface area contributed by atoms with Crippen LogP contribution < -0.4 is 42.6 Å². The summed E-state index contributed by atoms with van der Waals surface area (Å²) in [7, 11) is 0. The molecule has 4 nitrogen and oxygen atoms in total. The Morgan fingerprint density at radius 3 is 1.06 bits per heavy atom. The second-order valence-electron chi connectivity index (χ2n) is 20.0. The van der Waals surface area contributed by atoms with E-state index in [0.717, 1.165) is 11.4 Å². The van der Waals surface area contributed by atoms with Crippen LogP contribution in [0.5, 0.6) is 0 Å². The van der Waals surface area contributed by atoms with E-state index in [9.17, 15) is 0 Å². The Morgan fingerprint density at radius 2 is 0.625 bits per heavy atom. The van der Waals surface area contributed by atoms with Gasteiger partial charge < -0.3 is 18.9 Å².